The van der Waals surface area contributed by atoms with Gasteiger partial charge in [-0.15, -0.1) is 0 Å². The molecule has 0 amide bonds. The number of benzene rings is 1. The summed E-state index contributed by atoms with van der Waals surface area (Å²) >= 11 is 0. The SMILES string of the molecule is O=[N+]([O-])c1cn2c(n1)O[C@@H](COc1ccc(C3=CCNCC3)cc1)CC2. The molecular formula is C18H20N4O4. The third-order valence-corrected chi connectivity index (χ3v) is 4.60. The predicted molar refractivity (Wildman–Crippen MR) is 95.3 cm³/mol. The molecule has 0 unspecified atom stereocenters. The summed E-state index contributed by atoms with van der Waals surface area (Å²) in [6, 6.07) is 8.36. The lowest BCUT2D eigenvalue weighted by Gasteiger charge is -2.22. The van der Waals surface area contributed by atoms with Gasteiger partial charge in [0.15, 0.2) is 0 Å². The number of fused-ring (bicyclic) bond motifs is 1. The van der Waals surface area contributed by atoms with Gasteiger partial charge in [0.2, 0.25) is 0 Å². The van der Waals surface area contributed by atoms with Crippen molar-refractivity contribution >= 4 is 11.4 Å². The quantitative estimate of drug-likeness (QED) is 0.653. The Morgan fingerprint density at radius 2 is 2.23 bits per heavy atom. The van der Waals surface area contributed by atoms with Crippen molar-refractivity contribution in [2.75, 3.05) is 19.7 Å². The normalized spacial score (nSPS) is 19.2. The molecule has 8 nitrogen and oxygen atoms in total. The first-order valence-electron chi connectivity index (χ1n) is 8.70. The fraction of sp³-hybridized carbons (Fsp3) is 0.389. The van der Waals surface area contributed by atoms with E-state index in [-0.39, 0.29) is 17.9 Å². The molecule has 1 aromatic carbocycles. The highest BCUT2D eigenvalue weighted by atomic mass is 16.6. The monoisotopic (exact) mass is 356 g/mol. The Balaban J connectivity index is 1.34. The molecule has 0 bridgehead atoms. The summed E-state index contributed by atoms with van der Waals surface area (Å²) in [5.74, 6) is 0.594. The molecule has 26 heavy (non-hydrogen) atoms. The first kappa shape index (κ1) is 16.6. The Labute approximate surface area is 150 Å². The van der Waals surface area contributed by atoms with E-state index in [1.165, 1.54) is 17.3 Å². The van der Waals surface area contributed by atoms with Crippen LogP contribution >= 0.6 is 0 Å². The molecule has 0 saturated heterocycles. The summed E-state index contributed by atoms with van der Waals surface area (Å²) in [6.45, 7) is 2.94. The molecule has 3 heterocycles. The molecule has 1 aromatic heterocycles. The Kier molecular flexibility index (Phi) is 4.57. The van der Waals surface area contributed by atoms with Crippen molar-refractivity contribution in [1.29, 1.82) is 0 Å². The Hall–Kier alpha value is -2.87. The number of aromatic nitrogens is 2. The topological polar surface area (TPSA) is 91.5 Å². The van der Waals surface area contributed by atoms with Crippen LogP contribution < -0.4 is 14.8 Å². The lowest BCUT2D eigenvalue weighted by Crippen LogP contribution is -2.31. The van der Waals surface area contributed by atoms with Gasteiger partial charge < -0.3 is 24.9 Å². The molecule has 136 valence electrons. The largest absolute Gasteiger partial charge is 0.490 e. The number of ether oxygens (including phenoxy) is 2. The number of hydrogen-bond acceptors (Lipinski definition) is 6. The number of nitro groups is 1. The maximum atomic E-state index is 10.8. The van der Waals surface area contributed by atoms with E-state index < -0.39 is 4.92 Å². The summed E-state index contributed by atoms with van der Waals surface area (Å²) in [4.78, 5) is 14.2. The van der Waals surface area contributed by atoms with Crippen molar-refractivity contribution in [3.63, 3.8) is 0 Å². The minimum atomic E-state index is -0.514. The van der Waals surface area contributed by atoms with Crippen LogP contribution in [0.4, 0.5) is 5.82 Å². The van der Waals surface area contributed by atoms with Crippen molar-refractivity contribution in [3.05, 3.63) is 52.2 Å². The molecular weight excluding hydrogens is 336 g/mol. The molecule has 0 saturated carbocycles. The average molecular weight is 356 g/mol. The number of nitrogens with one attached hydrogen (secondary N) is 1. The van der Waals surface area contributed by atoms with E-state index in [2.05, 4.69) is 28.5 Å². The van der Waals surface area contributed by atoms with E-state index >= 15 is 0 Å². The summed E-state index contributed by atoms with van der Waals surface area (Å²) in [5, 5.41) is 14.1. The molecule has 4 rings (SSSR count). The van der Waals surface area contributed by atoms with Gasteiger partial charge in [-0.2, -0.15) is 0 Å². The van der Waals surface area contributed by atoms with E-state index in [1.807, 2.05) is 12.1 Å². The van der Waals surface area contributed by atoms with Crippen LogP contribution in [-0.2, 0) is 6.54 Å². The number of aryl methyl sites for hydroxylation is 1. The van der Waals surface area contributed by atoms with E-state index in [0.29, 0.717) is 13.2 Å². The molecule has 0 spiro atoms. The van der Waals surface area contributed by atoms with Gasteiger partial charge >= 0.3 is 11.8 Å². The Morgan fingerprint density at radius 1 is 1.38 bits per heavy atom. The molecule has 2 aliphatic rings. The third-order valence-electron chi connectivity index (χ3n) is 4.60. The maximum Gasteiger partial charge on any atom is 0.414 e. The lowest BCUT2D eigenvalue weighted by atomic mass is 10.0. The fourth-order valence-electron chi connectivity index (χ4n) is 3.18. The Morgan fingerprint density at radius 3 is 2.96 bits per heavy atom. The summed E-state index contributed by atoms with van der Waals surface area (Å²) in [7, 11) is 0. The van der Waals surface area contributed by atoms with E-state index in [1.54, 1.807) is 4.57 Å². The first-order valence-corrected chi connectivity index (χ1v) is 8.70. The zero-order valence-electron chi connectivity index (χ0n) is 14.3. The van der Waals surface area contributed by atoms with Crippen LogP contribution in [0.15, 0.2) is 36.5 Å². The zero-order chi connectivity index (χ0) is 17.9. The molecule has 8 heteroatoms. The lowest BCUT2D eigenvalue weighted by molar-refractivity contribution is -0.389. The van der Waals surface area contributed by atoms with Crippen molar-refractivity contribution in [2.24, 2.45) is 0 Å². The second kappa shape index (κ2) is 7.17. The van der Waals surface area contributed by atoms with Gasteiger partial charge in [-0.1, -0.05) is 18.2 Å². The van der Waals surface area contributed by atoms with Crippen molar-refractivity contribution in [1.82, 2.24) is 14.9 Å². The molecule has 0 aliphatic carbocycles. The molecule has 2 aromatic rings. The van der Waals surface area contributed by atoms with Crippen LogP contribution in [0, 0.1) is 10.1 Å². The van der Waals surface area contributed by atoms with Crippen LogP contribution in [0.2, 0.25) is 0 Å². The number of imidazole rings is 1. The summed E-state index contributed by atoms with van der Waals surface area (Å²) < 4.78 is 13.2. The second-order valence-electron chi connectivity index (χ2n) is 6.38. The number of nitrogens with zero attached hydrogens (tertiary/aromatic N) is 3. The van der Waals surface area contributed by atoms with E-state index in [0.717, 1.165) is 31.7 Å². The van der Waals surface area contributed by atoms with Gasteiger partial charge in [-0.05, 0) is 41.2 Å². The first-order chi connectivity index (χ1) is 12.7. The van der Waals surface area contributed by atoms with Crippen molar-refractivity contribution in [2.45, 2.75) is 25.5 Å². The minimum Gasteiger partial charge on any atom is -0.490 e. The van der Waals surface area contributed by atoms with Gasteiger partial charge in [-0.3, -0.25) is 4.57 Å². The smallest absolute Gasteiger partial charge is 0.414 e. The highest BCUT2D eigenvalue weighted by molar-refractivity contribution is 5.67. The minimum absolute atomic E-state index is 0.170. The van der Waals surface area contributed by atoms with Crippen LogP contribution in [0.1, 0.15) is 18.4 Å². The van der Waals surface area contributed by atoms with E-state index in [4.69, 9.17) is 9.47 Å². The van der Waals surface area contributed by atoms with Crippen LogP contribution in [-0.4, -0.2) is 40.3 Å². The van der Waals surface area contributed by atoms with Gasteiger partial charge in [0.25, 0.3) is 0 Å². The molecule has 0 radical (unpaired) electrons. The predicted octanol–water partition coefficient (Wildman–Crippen LogP) is 2.40. The van der Waals surface area contributed by atoms with Crippen molar-refractivity contribution in [3.8, 4) is 11.8 Å². The third kappa shape index (κ3) is 3.55. The number of hydrogen-bond donors (Lipinski definition) is 1. The zero-order valence-corrected chi connectivity index (χ0v) is 14.3. The van der Waals surface area contributed by atoms with Gasteiger partial charge in [0.05, 0.1) is 0 Å². The fourth-order valence-corrected chi connectivity index (χ4v) is 3.18. The van der Waals surface area contributed by atoms with Gasteiger partial charge in [0, 0.05) is 24.5 Å². The van der Waals surface area contributed by atoms with Crippen LogP contribution in [0.25, 0.3) is 5.57 Å². The van der Waals surface area contributed by atoms with Gasteiger partial charge in [0.1, 0.15) is 24.7 Å². The van der Waals surface area contributed by atoms with Crippen LogP contribution in [0.3, 0.4) is 0 Å². The van der Waals surface area contributed by atoms with Crippen LogP contribution in [0.5, 0.6) is 11.8 Å². The molecule has 1 N–H and O–H groups in total. The standard InChI is InChI=1S/C18H20N4O4/c23-22(24)17-11-21-10-7-16(26-18(21)20-17)12-25-15-3-1-13(2-4-15)14-5-8-19-9-6-14/h1-5,11,16,19H,6-10,12H2/t16-/m1/s1. The molecule has 1 atom stereocenters. The average Bonchev–Trinajstić information content (AvgIpc) is 3.11. The molecule has 2 aliphatic heterocycles. The number of rotatable bonds is 5. The maximum absolute atomic E-state index is 10.8. The second-order valence-corrected chi connectivity index (χ2v) is 6.38. The van der Waals surface area contributed by atoms with Gasteiger partial charge in [-0.25, -0.2) is 0 Å². The molecule has 0 fully saturated rings. The summed E-state index contributed by atoms with van der Waals surface area (Å²) in [6.07, 6.45) is 5.21. The highest BCUT2D eigenvalue weighted by Gasteiger charge is 2.28. The highest BCUT2D eigenvalue weighted by Crippen LogP contribution is 2.25. The van der Waals surface area contributed by atoms with E-state index in [9.17, 15) is 10.1 Å². The summed E-state index contributed by atoms with van der Waals surface area (Å²) in [5.41, 5.74) is 2.58. The van der Waals surface area contributed by atoms with Crippen molar-refractivity contribution < 1.29 is 14.4 Å². The Bertz CT molecular complexity index is 828.